The molecule has 7 heteroatoms. The number of amides is 2. The summed E-state index contributed by atoms with van der Waals surface area (Å²) in [6.45, 7) is 1.12. The van der Waals surface area contributed by atoms with Gasteiger partial charge in [0.1, 0.15) is 17.2 Å². The molecule has 0 aromatic heterocycles. The summed E-state index contributed by atoms with van der Waals surface area (Å²) in [4.78, 5) is 27.3. The molecule has 1 N–H and O–H groups in total. The second-order valence-corrected chi connectivity index (χ2v) is 8.55. The van der Waals surface area contributed by atoms with E-state index in [2.05, 4.69) is 5.32 Å². The average Bonchev–Trinajstić information content (AvgIpc) is 2.90. The highest BCUT2D eigenvalue weighted by Gasteiger charge is 2.41. The van der Waals surface area contributed by atoms with Gasteiger partial charge in [-0.05, 0) is 41.8 Å². The number of piperidine rings is 1. The summed E-state index contributed by atoms with van der Waals surface area (Å²) in [7, 11) is 1.62. The summed E-state index contributed by atoms with van der Waals surface area (Å²) in [5, 5.41) is 2.85. The Balaban J connectivity index is 1.40. The molecule has 1 heterocycles. The predicted molar refractivity (Wildman–Crippen MR) is 131 cm³/mol. The minimum absolute atomic E-state index is 0.0527. The second kappa shape index (κ2) is 11.0. The van der Waals surface area contributed by atoms with E-state index in [1.807, 2.05) is 54.6 Å². The lowest BCUT2D eigenvalue weighted by atomic mass is 9.84. The molecule has 35 heavy (non-hydrogen) atoms. The molecule has 1 saturated heterocycles. The number of alkyl carbamates (subject to hydrolysis) is 1. The Labute approximate surface area is 204 Å². The van der Waals surface area contributed by atoms with Gasteiger partial charge in [-0.15, -0.1) is 0 Å². The first-order valence-electron chi connectivity index (χ1n) is 11.7. The second-order valence-electron chi connectivity index (χ2n) is 8.55. The Hall–Kier alpha value is -3.87. The van der Waals surface area contributed by atoms with Gasteiger partial charge < -0.3 is 19.7 Å². The lowest BCUT2D eigenvalue weighted by molar-refractivity contribution is -0.0356. The number of ether oxygens (including phenoxy) is 2. The van der Waals surface area contributed by atoms with Gasteiger partial charge in [0.15, 0.2) is 0 Å². The number of benzene rings is 3. The standard InChI is InChI=1S/C28H29FN2O4/c1-34-23-13-11-21(12-14-23)15-18-30-27(33)35-28(22-7-3-2-4-8-22)16-19-31(20-17-28)26(32)24-9-5-6-10-25(24)29/h2-14H,15-20H2,1H3,(H,30,33). The highest BCUT2D eigenvalue weighted by molar-refractivity contribution is 5.94. The van der Waals surface area contributed by atoms with Crippen molar-refractivity contribution in [2.24, 2.45) is 0 Å². The third-order valence-electron chi connectivity index (χ3n) is 6.39. The molecule has 1 aliphatic rings. The fraction of sp³-hybridized carbons (Fsp3) is 0.286. The molecule has 1 aliphatic heterocycles. The zero-order chi connectivity index (χ0) is 24.7. The number of nitrogens with one attached hydrogen (secondary N) is 1. The molecule has 3 aromatic rings. The number of hydrogen-bond acceptors (Lipinski definition) is 4. The maximum absolute atomic E-state index is 14.1. The van der Waals surface area contributed by atoms with Crippen molar-refractivity contribution in [1.29, 1.82) is 0 Å². The van der Waals surface area contributed by atoms with Crippen molar-refractivity contribution in [3.63, 3.8) is 0 Å². The topological polar surface area (TPSA) is 67.9 Å². The predicted octanol–water partition coefficient (Wildman–Crippen LogP) is 4.93. The normalized spacial score (nSPS) is 14.7. The summed E-state index contributed by atoms with van der Waals surface area (Å²) in [6, 6.07) is 23.2. The maximum atomic E-state index is 14.1. The summed E-state index contributed by atoms with van der Waals surface area (Å²) in [5.74, 6) is -0.107. The van der Waals surface area contributed by atoms with Crippen LogP contribution in [-0.4, -0.2) is 43.6 Å². The van der Waals surface area contributed by atoms with Crippen LogP contribution in [0.5, 0.6) is 5.75 Å². The van der Waals surface area contributed by atoms with Gasteiger partial charge in [-0.2, -0.15) is 0 Å². The number of likely N-dealkylation sites (tertiary alicyclic amines) is 1. The van der Waals surface area contributed by atoms with E-state index in [0.717, 1.165) is 16.9 Å². The fourth-order valence-electron chi connectivity index (χ4n) is 4.38. The van der Waals surface area contributed by atoms with E-state index in [4.69, 9.17) is 9.47 Å². The molecule has 0 saturated carbocycles. The summed E-state index contributed by atoms with van der Waals surface area (Å²) < 4.78 is 25.3. The molecule has 6 nitrogen and oxygen atoms in total. The van der Waals surface area contributed by atoms with Gasteiger partial charge in [-0.25, -0.2) is 9.18 Å². The maximum Gasteiger partial charge on any atom is 0.408 e. The SMILES string of the molecule is COc1ccc(CCNC(=O)OC2(c3ccccc3)CCN(C(=O)c3ccccc3F)CC2)cc1. The molecule has 0 bridgehead atoms. The van der Waals surface area contributed by atoms with E-state index < -0.39 is 17.5 Å². The molecule has 3 aromatic carbocycles. The van der Waals surface area contributed by atoms with Crippen LogP contribution >= 0.6 is 0 Å². The molecule has 0 atom stereocenters. The van der Waals surface area contributed by atoms with Crippen LogP contribution in [0.15, 0.2) is 78.9 Å². The van der Waals surface area contributed by atoms with Gasteiger partial charge in [0.05, 0.1) is 12.7 Å². The molecule has 1 fully saturated rings. The molecule has 0 aliphatic carbocycles. The number of rotatable bonds is 7. The van der Waals surface area contributed by atoms with Gasteiger partial charge >= 0.3 is 6.09 Å². The Morgan fingerprint density at radius 3 is 2.26 bits per heavy atom. The van der Waals surface area contributed by atoms with Crippen LogP contribution in [-0.2, 0) is 16.8 Å². The molecular weight excluding hydrogens is 447 g/mol. The number of nitrogens with zero attached hydrogens (tertiary/aromatic N) is 1. The van der Waals surface area contributed by atoms with Gasteiger partial charge in [0, 0.05) is 32.5 Å². The van der Waals surface area contributed by atoms with Crippen LogP contribution in [0.3, 0.4) is 0 Å². The number of hydrogen-bond donors (Lipinski definition) is 1. The third kappa shape index (κ3) is 5.80. The van der Waals surface area contributed by atoms with Crippen molar-refractivity contribution in [2.75, 3.05) is 26.7 Å². The monoisotopic (exact) mass is 476 g/mol. The van der Waals surface area contributed by atoms with Gasteiger partial charge in [-0.3, -0.25) is 4.79 Å². The van der Waals surface area contributed by atoms with Gasteiger partial charge in [0.2, 0.25) is 0 Å². The van der Waals surface area contributed by atoms with Gasteiger partial charge in [0.25, 0.3) is 5.91 Å². The summed E-state index contributed by atoms with van der Waals surface area (Å²) in [6.07, 6.45) is 0.991. The Kier molecular flexibility index (Phi) is 7.65. The van der Waals surface area contributed by atoms with Gasteiger partial charge in [-0.1, -0.05) is 54.6 Å². The first-order chi connectivity index (χ1) is 17.0. The van der Waals surface area contributed by atoms with E-state index in [0.29, 0.717) is 38.9 Å². The molecule has 2 amide bonds. The largest absolute Gasteiger partial charge is 0.497 e. The van der Waals surface area contributed by atoms with E-state index >= 15 is 0 Å². The molecule has 0 spiro atoms. The fourth-order valence-corrected chi connectivity index (χ4v) is 4.38. The number of carbonyl (C=O) groups excluding carboxylic acids is 2. The molecule has 0 radical (unpaired) electrons. The number of carbonyl (C=O) groups is 2. The van der Waals surface area contributed by atoms with E-state index in [9.17, 15) is 14.0 Å². The molecular formula is C28H29FN2O4. The lowest BCUT2D eigenvalue weighted by Crippen LogP contribution is -2.48. The quantitative estimate of drug-likeness (QED) is 0.525. The number of methoxy groups -OCH3 is 1. The third-order valence-corrected chi connectivity index (χ3v) is 6.39. The van der Waals surface area contributed by atoms with Crippen LogP contribution in [0.4, 0.5) is 9.18 Å². The minimum atomic E-state index is -0.864. The van der Waals surface area contributed by atoms with Crippen LogP contribution in [0.1, 0.15) is 34.3 Å². The molecule has 0 unspecified atom stereocenters. The zero-order valence-corrected chi connectivity index (χ0v) is 19.7. The summed E-state index contributed by atoms with van der Waals surface area (Å²) >= 11 is 0. The number of halogens is 1. The van der Waals surface area contributed by atoms with Crippen LogP contribution in [0.2, 0.25) is 0 Å². The average molecular weight is 477 g/mol. The minimum Gasteiger partial charge on any atom is -0.497 e. The van der Waals surface area contributed by atoms with Crippen LogP contribution < -0.4 is 10.1 Å². The van der Waals surface area contributed by atoms with Crippen molar-refractivity contribution in [2.45, 2.75) is 24.9 Å². The van der Waals surface area contributed by atoms with E-state index in [1.165, 1.54) is 12.1 Å². The molecule has 4 rings (SSSR count). The van der Waals surface area contributed by atoms with Crippen molar-refractivity contribution in [3.8, 4) is 5.75 Å². The van der Waals surface area contributed by atoms with Crippen molar-refractivity contribution < 1.29 is 23.5 Å². The zero-order valence-electron chi connectivity index (χ0n) is 19.7. The highest BCUT2D eigenvalue weighted by Crippen LogP contribution is 2.37. The van der Waals surface area contributed by atoms with Crippen molar-refractivity contribution in [3.05, 3.63) is 101 Å². The molecule has 182 valence electrons. The van der Waals surface area contributed by atoms with E-state index in [-0.39, 0.29) is 11.5 Å². The Morgan fingerprint density at radius 1 is 0.943 bits per heavy atom. The van der Waals surface area contributed by atoms with Crippen molar-refractivity contribution >= 4 is 12.0 Å². The van der Waals surface area contributed by atoms with Crippen molar-refractivity contribution in [1.82, 2.24) is 10.2 Å². The first-order valence-corrected chi connectivity index (χ1v) is 11.7. The van der Waals surface area contributed by atoms with Crippen LogP contribution in [0.25, 0.3) is 0 Å². The van der Waals surface area contributed by atoms with Crippen LogP contribution in [0, 0.1) is 5.82 Å². The summed E-state index contributed by atoms with van der Waals surface area (Å²) in [5.41, 5.74) is 1.14. The Bertz CT molecular complexity index is 1140. The van der Waals surface area contributed by atoms with E-state index in [1.54, 1.807) is 24.1 Å². The first kappa shape index (κ1) is 24.3. The Morgan fingerprint density at radius 2 is 1.60 bits per heavy atom. The smallest absolute Gasteiger partial charge is 0.408 e. The highest BCUT2D eigenvalue weighted by atomic mass is 19.1. The lowest BCUT2D eigenvalue weighted by Gasteiger charge is -2.41.